The van der Waals surface area contributed by atoms with Crippen molar-refractivity contribution in [3.05, 3.63) is 75.8 Å². The number of hydrogen-bond donors (Lipinski definition) is 1. The standard InChI is InChI=1S/C25H27N3O6/c1-32-23-14-20(21(28(30)31)15-24(23)33-2)25(29)26-16-22(27-10-12-34-13-11-27)19-9-5-7-17-6-3-4-8-18(17)19/h3-9,14-15,22H,10-13,16H2,1-2H3,(H,26,29)/t22-/m1/s1. The molecule has 178 valence electrons. The van der Waals surface area contributed by atoms with Crippen LogP contribution in [0.3, 0.4) is 0 Å². The van der Waals surface area contributed by atoms with E-state index in [1.54, 1.807) is 0 Å². The number of benzene rings is 3. The molecule has 1 N–H and O–H groups in total. The summed E-state index contributed by atoms with van der Waals surface area (Å²) in [5, 5.41) is 16.8. The molecule has 0 unspecified atom stereocenters. The first-order valence-corrected chi connectivity index (χ1v) is 11.0. The van der Waals surface area contributed by atoms with Gasteiger partial charge in [-0.2, -0.15) is 0 Å². The molecule has 1 atom stereocenters. The smallest absolute Gasteiger partial charge is 0.286 e. The number of hydrogen-bond acceptors (Lipinski definition) is 7. The lowest BCUT2D eigenvalue weighted by molar-refractivity contribution is -0.385. The molecule has 9 nitrogen and oxygen atoms in total. The highest BCUT2D eigenvalue weighted by Gasteiger charge is 2.28. The molecule has 1 saturated heterocycles. The topological polar surface area (TPSA) is 103 Å². The number of fused-ring (bicyclic) bond motifs is 1. The fraction of sp³-hybridized carbons (Fsp3) is 0.320. The van der Waals surface area contributed by atoms with Crippen LogP contribution in [0, 0.1) is 10.1 Å². The average molecular weight is 466 g/mol. The van der Waals surface area contributed by atoms with Crippen LogP contribution in [0.25, 0.3) is 10.8 Å². The van der Waals surface area contributed by atoms with E-state index in [4.69, 9.17) is 14.2 Å². The van der Waals surface area contributed by atoms with Crippen LogP contribution in [0.1, 0.15) is 22.0 Å². The minimum atomic E-state index is -0.596. The zero-order chi connectivity index (χ0) is 24.1. The zero-order valence-corrected chi connectivity index (χ0v) is 19.2. The van der Waals surface area contributed by atoms with Gasteiger partial charge in [0.2, 0.25) is 0 Å². The molecule has 0 bridgehead atoms. The Morgan fingerprint density at radius 2 is 1.76 bits per heavy atom. The molecule has 3 aromatic carbocycles. The minimum absolute atomic E-state index is 0.0821. The molecule has 3 aromatic rings. The molecule has 1 heterocycles. The van der Waals surface area contributed by atoms with Gasteiger partial charge in [-0.3, -0.25) is 19.8 Å². The third kappa shape index (κ3) is 4.80. The Bertz CT molecular complexity index is 1190. The highest BCUT2D eigenvalue weighted by atomic mass is 16.6. The summed E-state index contributed by atoms with van der Waals surface area (Å²) in [6.07, 6.45) is 0. The number of methoxy groups -OCH3 is 2. The summed E-state index contributed by atoms with van der Waals surface area (Å²) >= 11 is 0. The quantitative estimate of drug-likeness (QED) is 0.401. The Morgan fingerprint density at radius 1 is 1.09 bits per heavy atom. The van der Waals surface area contributed by atoms with Gasteiger partial charge in [0.05, 0.1) is 44.5 Å². The summed E-state index contributed by atoms with van der Waals surface area (Å²) in [5.74, 6) is -0.115. The molecule has 1 fully saturated rings. The average Bonchev–Trinajstić information content (AvgIpc) is 2.88. The van der Waals surface area contributed by atoms with Crippen LogP contribution in [-0.4, -0.2) is 62.8 Å². The fourth-order valence-corrected chi connectivity index (χ4v) is 4.35. The first kappa shape index (κ1) is 23.5. The molecule has 4 rings (SSSR count). The molecule has 1 aliphatic heterocycles. The second-order valence-electron chi connectivity index (χ2n) is 7.92. The van der Waals surface area contributed by atoms with Gasteiger partial charge in [-0.05, 0) is 16.3 Å². The Labute approximate surface area is 197 Å². The zero-order valence-electron chi connectivity index (χ0n) is 19.2. The van der Waals surface area contributed by atoms with Crippen LogP contribution in [0.2, 0.25) is 0 Å². The lowest BCUT2D eigenvalue weighted by atomic mass is 9.97. The normalized spacial score (nSPS) is 15.0. The number of nitro groups is 1. The van der Waals surface area contributed by atoms with Gasteiger partial charge in [-0.25, -0.2) is 0 Å². The number of carbonyl (C=O) groups is 1. The molecule has 1 aliphatic rings. The van der Waals surface area contributed by atoms with Crippen molar-refractivity contribution in [1.82, 2.24) is 10.2 Å². The van der Waals surface area contributed by atoms with Crippen molar-refractivity contribution in [3.63, 3.8) is 0 Å². The molecule has 0 saturated carbocycles. The summed E-state index contributed by atoms with van der Waals surface area (Å²) in [5.41, 5.74) is 0.659. The van der Waals surface area contributed by atoms with E-state index in [2.05, 4.69) is 34.5 Å². The summed E-state index contributed by atoms with van der Waals surface area (Å²) in [4.78, 5) is 26.5. The van der Waals surface area contributed by atoms with Crippen LogP contribution in [0.5, 0.6) is 11.5 Å². The number of nitrogens with zero attached hydrogens (tertiary/aromatic N) is 2. The Kier molecular flexibility index (Phi) is 7.24. The molecule has 34 heavy (non-hydrogen) atoms. The number of morpholine rings is 1. The number of nitro benzene ring substituents is 1. The van der Waals surface area contributed by atoms with Crippen LogP contribution < -0.4 is 14.8 Å². The van der Waals surface area contributed by atoms with Crippen molar-refractivity contribution < 1.29 is 23.9 Å². The molecular formula is C25H27N3O6. The van der Waals surface area contributed by atoms with Crippen molar-refractivity contribution in [3.8, 4) is 11.5 Å². The van der Waals surface area contributed by atoms with Crippen molar-refractivity contribution in [1.29, 1.82) is 0 Å². The largest absolute Gasteiger partial charge is 0.493 e. The van der Waals surface area contributed by atoms with Crippen molar-refractivity contribution in [2.45, 2.75) is 6.04 Å². The Hall–Kier alpha value is -3.69. The van der Waals surface area contributed by atoms with Crippen molar-refractivity contribution in [2.24, 2.45) is 0 Å². The van der Waals surface area contributed by atoms with Crippen LogP contribution in [-0.2, 0) is 4.74 Å². The number of nitrogens with one attached hydrogen (secondary N) is 1. The van der Waals surface area contributed by atoms with Gasteiger partial charge in [0, 0.05) is 25.7 Å². The number of rotatable bonds is 8. The highest BCUT2D eigenvalue weighted by Crippen LogP contribution is 2.35. The van der Waals surface area contributed by atoms with Gasteiger partial charge in [0.25, 0.3) is 11.6 Å². The molecule has 9 heteroatoms. The van der Waals surface area contributed by atoms with E-state index in [0.717, 1.165) is 29.4 Å². The lowest BCUT2D eigenvalue weighted by Crippen LogP contribution is -2.44. The summed E-state index contributed by atoms with van der Waals surface area (Å²) in [6.45, 7) is 2.94. The maximum absolute atomic E-state index is 13.2. The van der Waals surface area contributed by atoms with E-state index >= 15 is 0 Å². The third-order valence-electron chi connectivity index (χ3n) is 6.07. The Balaban J connectivity index is 1.66. The van der Waals surface area contributed by atoms with E-state index in [-0.39, 0.29) is 35.3 Å². The fourth-order valence-electron chi connectivity index (χ4n) is 4.35. The highest BCUT2D eigenvalue weighted by molar-refractivity contribution is 5.99. The summed E-state index contributed by atoms with van der Waals surface area (Å²) in [6, 6.07) is 16.7. The second-order valence-corrected chi connectivity index (χ2v) is 7.92. The predicted molar refractivity (Wildman–Crippen MR) is 128 cm³/mol. The first-order valence-electron chi connectivity index (χ1n) is 11.0. The lowest BCUT2D eigenvalue weighted by Gasteiger charge is -2.35. The van der Waals surface area contributed by atoms with Gasteiger partial charge < -0.3 is 19.5 Å². The number of amides is 1. The van der Waals surface area contributed by atoms with E-state index in [9.17, 15) is 14.9 Å². The van der Waals surface area contributed by atoms with E-state index in [0.29, 0.717) is 13.2 Å². The molecule has 0 spiro atoms. The number of carbonyl (C=O) groups excluding carboxylic acids is 1. The van der Waals surface area contributed by atoms with Crippen LogP contribution in [0.15, 0.2) is 54.6 Å². The third-order valence-corrected chi connectivity index (χ3v) is 6.07. The molecule has 0 radical (unpaired) electrons. The maximum Gasteiger partial charge on any atom is 0.286 e. The van der Waals surface area contributed by atoms with Crippen molar-refractivity contribution in [2.75, 3.05) is 47.1 Å². The molecule has 0 aromatic heterocycles. The van der Waals surface area contributed by atoms with Gasteiger partial charge in [0.1, 0.15) is 5.56 Å². The van der Waals surface area contributed by atoms with Gasteiger partial charge in [0.15, 0.2) is 11.5 Å². The maximum atomic E-state index is 13.2. The van der Waals surface area contributed by atoms with E-state index < -0.39 is 10.8 Å². The van der Waals surface area contributed by atoms with E-state index in [1.165, 1.54) is 26.4 Å². The van der Waals surface area contributed by atoms with Crippen LogP contribution >= 0.6 is 0 Å². The van der Waals surface area contributed by atoms with E-state index in [1.807, 2.05) is 18.2 Å². The summed E-state index contributed by atoms with van der Waals surface area (Å²) < 4.78 is 15.9. The van der Waals surface area contributed by atoms with Crippen LogP contribution in [0.4, 0.5) is 5.69 Å². The van der Waals surface area contributed by atoms with Crippen molar-refractivity contribution >= 4 is 22.4 Å². The first-order chi connectivity index (χ1) is 16.5. The second kappa shape index (κ2) is 10.5. The van der Waals surface area contributed by atoms with Gasteiger partial charge >= 0.3 is 0 Å². The monoisotopic (exact) mass is 465 g/mol. The Morgan fingerprint density at radius 3 is 2.47 bits per heavy atom. The van der Waals surface area contributed by atoms with Gasteiger partial charge in [-0.15, -0.1) is 0 Å². The molecular weight excluding hydrogens is 438 g/mol. The number of ether oxygens (including phenoxy) is 3. The minimum Gasteiger partial charge on any atom is -0.493 e. The predicted octanol–water partition coefficient (Wildman–Crippen LogP) is 3.57. The summed E-state index contributed by atoms with van der Waals surface area (Å²) in [7, 11) is 2.80. The SMILES string of the molecule is COc1cc(C(=O)NC[C@H](c2cccc3ccccc23)N2CCOCC2)c([N+](=O)[O-])cc1OC. The molecule has 1 amide bonds. The van der Waals surface area contributed by atoms with Gasteiger partial charge in [-0.1, -0.05) is 42.5 Å². The molecule has 0 aliphatic carbocycles.